The third-order valence-corrected chi connectivity index (χ3v) is 5.24. The second-order valence-electron chi connectivity index (χ2n) is 7.11. The maximum Gasteiger partial charge on any atom is 0.272 e. The number of rotatable bonds is 4. The second-order valence-corrected chi connectivity index (χ2v) is 7.52. The fourth-order valence-corrected chi connectivity index (χ4v) is 3.52. The summed E-state index contributed by atoms with van der Waals surface area (Å²) in [5.41, 5.74) is 8.47. The molecule has 148 valence electrons. The first-order chi connectivity index (χ1) is 14.5. The molecule has 0 aliphatic carbocycles. The number of carbonyl (C=O) groups is 1. The van der Waals surface area contributed by atoms with Gasteiger partial charge in [0.2, 0.25) is 0 Å². The Labute approximate surface area is 180 Å². The summed E-state index contributed by atoms with van der Waals surface area (Å²) in [5, 5.41) is 5.52. The van der Waals surface area contributed by atoms with Crippen LogP contribution >= 0.6 is 11.6 Å². The van der Waals surface area contributed by atoms with Crippen LogP contribution in [-0.4, -0.2) is 17.1 Å². The van der Waals surface area contributed by atoms with Crippen molar-refractivity contribution in [2.24, 2.45) is 5.10 Å². The van der Waals surface area contributed by atoms with Crippen molar-refractivity contribution in [3.8, 4) is 11.3 Å². The molecule has 5 heteroatoms. The molecule has 4 nitrogen and oxygen atoms in total. The first kappa shape index (κ1) is 19.8. The van der Waals surface area contributed by atoms with E-state index in [1.54, 1.807) is 12.3 Å². The van der Waals surface area contributed by atoms with Gasteiger partial charge in [-0.05, 0) is 43.2 Å². The third kappa shape index (κ3) is 4.09. The van der Waals surface area contributed by atoms with Crippen molar-refractivity contribution in [1.82, 2.24) is 10.4 Å². The number of hydrazone groups is 1. The third-order valence-electron chi connectivity index (χ3n) is 4.92. The summed E-state index contributed by atoms with van der Waals surface area (Å²) in [6, 6.07) is 22.9. The van der Waals surface area contributed by atoms with Crippen LogP contribution in [0.4, 0.5) is 0 Å². The van der Waals surface area contributed by atoms with Crippen molar-refractivity contribution in [3.05, 3.63) is 100 Å². The molecule has 0 fully saturated rings. The van der Waals surface area contributed by atoms with Crippen molar-refractivity contribution < 1.29 is 4.79 Å². The number of fused-ring (bicyclic) bond motifs is 1. The van der Waals surface area contributed by atoms with Gasteiger partial charge in [-0.15, -0.1) is 0 Å². The molecule has 0 saturated carbocycles. The van der Waals surface area contributed by atoms with Crippen LogP contribution in [0.25, 0.3) is 22.2 Å². The molecule has 1 heterocycles. The minimum atomic E-state index is -0.302. The summed E-state index contributed by atoms with van der Waals surface area (Å²) >= 11 is 6.36. The zero-order valence-electron chi connectivity index (χ0n) is 16.7. The smallest absolute Gasteiger partial charge is 0.267 e. The summed E-state index contributed by atoms with van der Waals surface area (Å²) in [4.78, 5) is 17.7. The van der Waals surface area contributed by atoms with Gasteiger partial charge in [-0.25, -0.2) is 10.4 Å². The van der Waals surface area contributed by atoms with E-state index in [1.165, 1.54) is 0 Å². The molecule has 0 aliphatic rings. The number of nitrogens with one attached hydrogen (secondary N) is 1. The highest BCUT2D eigenvalue weighted by atomic mass is 35.5. The van der Waals surface area contributed by atoms with Crippen LogP contribution in [0, 0.1) is 13.8 Å². The van der Waals surface area contributed by atoms with Gasteiger partial charge in [0.15, 0.2) is 0 Å². The molecule has 1 N–H and O–H groups in total. The average Bonchev–Trinajstić information content (AvgIpc) is 2.75. The fraction of sp³-hybridized carbons (Fsp3) is 0.0800. The Morgan fingerprint density at radius 3 is 2.60 bits per heavy atom. The molecular formula is C25H20ClN3O. The largest absolute Gasteiger partial charge is 0.272 e. The molecule has 0 atom stereocenters. The standard InChI is InChI=1S/C25H20ClN3O/c1-16-11-12-17(2)18(13-16)15-27-29-25(30)21-14-24(20-8-3-5-9-22(20)26)28-23-10-6-4-7-19(21)23/h3-15H,1-2H3,(H,29,30)/b27-15-. The van der Waals surface area contributed by atoms with Crippen LogP contribution in [0.3, 0.4) is 0 Å². The average molecular weight is 414 g/mol. The second kappa shape index (κ2) is 8.47. The number of hydrogen-bond donors (Lipinski definition) is 1. The number of halogens is 1. The molecule has 0 saturated heterocycles. The fourth-order valence-electron chi connectivity index (χ4n) is 3.29. The van der Waals surface area contributed by atoms with Crippen molar-refractivity contribution >= 4 is 34.6 Å². The van der Waals surface area contributed by atoms with Gasteiger partial charge in [0.05, 0.1) is 23.0 Å². The van der Waals surface area contributed by atoms with Crippen LogP contribution < -0.4 is 5.43 Å². The van der Waals surface area contributed by atoms with E-state index in [-0.39, 0.29) is 5.91 Å². The van der Waals surface area contributed by atoms with Crippen molar-refractivity contribution in [1.29, 1.82) is 0 Å². The molecule has 1 amide bonds. The Morgan fingerprint density at radius 1 is 1.00 bits per heavy atom. The summed E-state index contributed by atoms with van der Waals surface area (Å²) in [6.45, 7) is 4.03. The minimum absolute atomic E-state index is 0.302. The Hall–Kier alpha value is -3.50. The molecule has 1 aromatic heterocycles. The van der Waals surface area contributed by atoms with Crippen molar-refractivity contribution in [3.63, 3.8) is 0 Å². The molecule has 0 unspecified atom stereocenters. The number of hydrogen-bond acceptors (Lipinski definition) is 3. The lowest BCUT2D eigenvalue weighted by atomic mass is 10.0. The van der Waals surface area contributed by atoms with Gasteiger partial charge in [0.1, 0.15) is 0 Å². The molecule has 0 bridgehead atoms. The zero-order chi connectivity index (χ0) is 21.1. The van der Waals surface area contributed by atoms with Crippen LogP contribution in [0.2, 0.25) is 5.02 Å². The monoisotopic (exact) mass is 413 g/mol. The molecule has 4 rings (SSSR count). The number of nitrogens with zero attached hydrogens (tertiary/aromatic N) is 2. The van der Waals surface area contributed by atoms with Gasteiger partial charge in [-0.3, -0.25) is 4.79 Å². The van der Waals surface area contributed by atoms with Crippen molar-refractivity contribution in [2.75, 3.05) is 0 Å². The quantitative estimate of drug-likeness (QED) is 0.332. The van der Waals surface area contributed by atoms with Crippen molar-refractivity contribution in [2.45, 2.75) is 13.8 Å². The number of pyridine rings is 1. The Kier molecular flexibility index (Phi) is 5.59. The SMILES string of the molecule is Cc1ccc(C)c(/C=N\NC(=O)c2cc(-c3ccccc3Cl)nc3ccccc23)c1. The highest BCUT2D eigenvalue weighted by Gasteiger charge is 2.14. The zero-order valence-corrected chi connectivity index (χ0v) is 17.4. The van der Waals surface area contributed by atoms with Crippen LogP contribution in [0.1, 0.15) is 27.0 Å². The molecule has 0 aliphatic heterocycles. The lowest BCUT2D eigenvalue weighted by Crippen LogP contribution is -2.18. The van der Waals surface area contributed by atoms with E-state index in [0.717, 1.165) is 33.2 Å². The lowest BCUT2D eigenvalue weighted by molar-refractivity contribution is 0.0956. The van der Waals surface area contributed by atoms with Crippen LogP contribution in [0.15, 0.2) is 77.9 Å². The molecule has 4 aromatic rings. The maximum absolute atomic E-state index is 13.0. The summed E-state index contributed by atoms with van der Waals surface area (Å²) < 4.78 is 0. The van der Waals surface area contributed by atoms with E-state index < -0.39 is 0 Å². The molecule has 30 heavy (non-hydrogen) atoms. The van der Waals surface area contributed by atoms with Gasteiger partial charge in [0, 0.05) is 16.0 Å². The van der Waals surface area contributed by atoms with E-state index in [2.05, 4.69) is 10.5 Å². The first-order valence-electron chi connectivity index (χ1n) is 9.58. The van der Waals surface area contributed by atoms with Gasteiger partial charge in [-0.1, -0.05) is 71.8 Å². The number of carbonyl (C=O) groups excluding carboxylic acids is 1. The maximum atomic E-state index is 13.0. The van der Waals surface area contributed by atoms with Gasteiger partial charge >= 0.3 is 0 Å². The highest BCUT2D eigenvalue weighted by molar-refractivity contribution is 6.33. The van der Waals surface area contributed by atoms with Gasteiger partial charge < -0.3 is 0 Å². The van der Waals surface area contributed by atoms with Crippen LogP contribution in [-0.2, 0) is 0 Å². The number of aryl methyl sites for hydroxylation is 2. The van der Waals surface area contributed by atoms with E-state index in [0.29, 0.717) is 16.3 Å². The van der Waals surface area contributed by atoms with E-state index >= 15 is 0 Å². The Bertz CT molecular complexity index is 1280. The van der Waals surface area contributed by atoms with E-state index in [9.17, 15) is 4.79 Å². The van der Waals surface area contributed by atoms with E-state index in [1.807, 2.05) is 80.6 Å². The predicted molar refractivity (Wildman–Crippen MR) is 123 cm³/mol. The Morgan fingerprint density at radius 2 is 1.77 bits per heavy atom. The molecule has 0 radical (unpaired) electrons. The van der Waals surface area contributed by atoms with Gasteiger partial charge in [0.25, 0.3) is 5.91 Å². The number of aromatic nitrogens is 1. The summed E-state index contributed by atoms with van der Waals surface area (Å²) in [6.07, 6.45) is 1.67. The lowest BCUT2D eigenvalue weighted by Gasteiger charge is -2.10. The minimum Gasteiger partial charge on any atom is -0.267 e. The number of para-hydroxylation sites is 1. The summed E-state index contributed by atoms with van der Waals surface area (Å²) in [5.74, 6) is -0.302. The van der Waals surface area contributed by atoms with E-state index in [4.69, 9.17) is 16.6 Å². The highest BCUT2D eigenvalue weighted by Crippen LogP contribution is 2.29. The molecular weight excluding hydrogens is 394 g/mol. The number of amides is 1. The topological polar surface area (TPSA) is 54.4 Å². The number of benzene rings is 3. The molecule has 0 spiro atoms. The summed E-state index contributed by atoms with van der Waals surface area (Å²) in [7, 11) is 0. The van der Waals surface area contributed by atoms with Crippen LogP contribution in [0.5, 0.6) is 0 Å². The first-order valence-corrected chi connectivity index (χ1v) is 9.96. The normalized spacial score (nSPS) is 11.2. The van der Waals surface area contributed by atoms with Gasteiger partial charge in [-0.2, -0.15) is 5.10 Å². The predicted octanol–water partition coefficient (Wildman–Crippen LogP) is 5.94. The Balaban J connectivity index is 1.70. The molecule has 3 aromatic carbocycles.